The molecule has 1 aliphatic rings. The highest BCUT2D eigenvalue weighted by Gasteiger charge is 2.20. The summed E-state index contributed by atoms with van der Waals surface area (Å²) in [4.78, 5) is 2.42. The molecule has 1 aromatic heterocycles. The van der Waals surface area contributed by atoms with E-state index < -0.39 is 0 Å². The monoisotopic (exact) mass is 279 g/mol. The van der Waals surface area contributed by atoms with E-state index in [1.807, 2.05) is 34.5 Å². The molecule has 0 radical (unpaired) electrons. The van der Waals surface area contributed by atoms with E-state index in [4.69, 9.17) is 5.41 Å². The first-order valence-corrected chi connectivity index (χ1v) is 7.27. The summed E-state index contributed by atoms with van der Waals surface area (Å²) in [6.45, 7) is 0. The number of nitrogens with zero attached hydrogens (tertiary/aromatic N) is 2. The Bertz CT molecular complexity index is 873. The van der Waals surface area contributed by atoms with E-state index in [1.165, 1.54) is 15.4 Å². The van der Waals surface area contributed by atoms with Crippen molar-refractivity contribution in [3.8, 4) is 16.9 Å². The molecular weight excluding hydrogens is 266 g/mol. The van der Waals surface area contributed by atoms with Crippen LogP contribution in [0.1, 0.15) is 0 Å². The molecule has 2 heterocycles. The third kappa shape index (κ3) is 1.51. The summed E-state index contributed by atoms with van der Waals surface area (Å²) in [5, 5.41) is 8.34. The molecule has 20 heavy (non-hydrogen) atoms. The number of aromatic nitrogens is 2. The van der Waals surface area contributed by atoms with Gasteiger partial charge in [-0.1, -0.05) is 42.1 Å². The van der Waals surface area contributed by atoms with Gasteiger partial charge in [0.05, 0.1) is 11.4 Å². The number of hydrogen-bond acceptors (Lipinski definition) is 2. The van der Waals surface area contributed by atoms with Crippen molar-refractivity contribution < 1.29 is 0 Å². The van der Waals surface area contributed by atoms with Gasteiger partial charge in [-0.05, 0) is 18.2 Å². The largest absolute Gasteiger partial charge is 0.320 e. The van der Waals surface area contributed by atoms with Crippen molar-refractivity contribution in [2.24, 2.45) is 7.05 Å². The van der Waals surface area contributed by atoms with Crippen molar-refractivity contribution >= 4 is 11.8 Å². The summed E-state index contributed by atoms with van der Waals surface area (Å²) >= 11 is 1.77. The summed E-state index contributed by atoms with van der Waals surface area (Å²) < 4.78 is 3.88. The van der Waals surface area contributed by atoms with Crippen molar-refractivity contribution in [1.82, 2.24) is 9.13 Å². The highest BCUT2D eigenvalue weighted by Crippen LogP contribution is 2.42. The lowest BCUT2D eigenvalue weighted by atomic mass is 10.1. The van der Waals surface area contributed by atoms with Gasteiger partial charge in [-0.25, -0.2) is 0 Å². The average Bonchev–Trinajstić information content (AvgIpc) is 2.68. The molecule has 0 spiro atoms. The molecule has 0 aliphatic carbocycles. The molecular formula is C16H13N3S. The summed E-state index contributed by atoms with van der Waals surface area (Å²) in [6.07, 6.45) is 2.03. The molecule has 3 nitrogen and oxygen atoms in total. The zero-order valence-corrected chi connectivity index (χ0v) is 11.8. The quantitative estimate of drug-likeness (QED) is 0.525. The fourth-order valence-electron chi connectivity index (χ4n) is 2.62. The average molecular weight is 279 g/mol. The number of fused-ring (bicyclic) bond motifs is 5. The Hall–Kier alpha value is -2.20. The molecule has 0 saturated heterocycles. The van der Waals surface area contributed by atoms with Crippen LogP contribution in [-0.2, 0) is 7.05 Å². The molecule has 1 N–H and O–H groups in total. The highest BCUT2D eigenvalue weighted by atomic mass is 32.2. The first-order chi connectivity index (χ1) is 9.75. The molecule has 4 heteroatoms. The lowest BCUT2D eigenvalue weighted by molar-refractivity contribution is 0.766. The topological polar surface area (TPSA) is 33.7 Å². The third-order valence-electron chi connectivity index (χ3n) is 3.59. The molecule has 0 fully saturated rings. The molecule has 0 amide bonds. The summed E-state index contributed by atoms with van der Waals surface area (Å²) in [5.41, 5.74) is 3.83. The van der Waals surface area contributed by atoms with Crippen molar-refractivity contribution in [2.45, 2.75) is 9.79 Å². The Kier molecular flexibility index (Phi) is 2.41. The van der Waals surface area contributed by atoms with E-state index in [0.717, 1.165) is 11.4 Å². The zero-order valence-electron chi connectivity index (χ0n) is 11.0. The fourth-order valence-corrected chi connectivity index (χ4v) is 3.70. The first kappa shape index (κ1) is 11.6. The minimum atomic E-state index is 0.491. The second-order valence-corrected chi connectivity index (χ2v) is 5.93. The van der Waals surface area contributed by atoms with Gasteiger partial charge >= 0.3 is 0 Å². The van der Waals surface area contributed by atoms with Gasteiger partial charge in [0.25, 0.3) is 0 Å². The Morgan fingerprint density at radius 1 is 0.950 bits per heavy atom. The standard InChI is InChI=1S/C16H13N3S/c1-18-10-13-11-6-2-4-8-14(11)20-15-9-5-3-7-12(15)19(13)16(18)17/h2-10,17H,1H3. The summed E-state index contributed by atoms with van der Waals surface area (Å²) in [5.74, 6) is 0. The van der Waals surface area contributed by atoms with E-state index in [9.17, 15) is 0 Å². The van der Waals surface area contributed by atoms with Gasteiger partial charge in [0.1, 0.15) is 0 Å². The van der Waals surface area contributed by atoms with Crippen LogP contribution in [0.15, 0.2) is 64.5 Å². The van der Waals surface area contributed by atoms with Crippen molar-refractivity contribution in [3.63, 3.8) is 0 Å². The molecule has 4 rings (SSSR count). The van der Waals surface area contributed by atoms with Crippen LogP contribution in [0.4, 0.5) is 0 Å². The third-order valence-corrected chi connectivity index (χ3v) is 4.73. The number of imidazole rings is 1. The number of nitrogens with one attached hydrogen (secondary N) is 1. The van der Waals surface area contributed by atoms with Gasteiger partial charge in [0, 0.05) is 28.6 Å². The molecule has 2 aromatic carbocycles. The lowest BCUT2D eigenvalue weighted by Gasteiger charge is -2.07. The van der Waals surface area contributed by atoms with Crippen LogP contribution in [0.5, 0.6) is 0 Å². The van der Waals surface area contributed by atoms with E-state index in [0.29, 0.717) is 5.62 Å². The maximum atomic E-state index is 8.34. The van der Waals surface area contributed by atoms with Crippen LogP contribution in [0.2, 0.25) is 0 Å². The smallest absolute Gasteiger partial charge is 0.207 e. The Labute approximate surface area is 121 Å². The van der Waals surface area contributed by atoms with Crippen molar-refractivity contribution in [1.29, 1.82) is 5.41 Å². The fraction of sp³-hybridized carbons (Fsp3) is 0.0625. The summed E-state index contributed by atoms with van der Waals surface area (Å²) in [6, 6.07) is 16.7. The van der Waals surface area contributed by atoms with Gasteiger partial charge < -0.3 is 4.57 Å². The highest BCUT2D eigenvalue weighted by molar-refractivity contribution is 7.99. The summed E-state index contributed by atoms with van der Waals surface area (Å²) in [7, 11) is 1.92. The maximum absolute atomic E-state index is 8.34. The molecule has 98 valence electrons. The minimum Gasteiger partial charge on any atom is -0.320 e. The van der Waals surface area contributed by atoms with Gasteiger partial charge in [0.15, 0.2) is 0 Å². The number of aryl methyl sites for hydroxylation is 1. The Morgan fingerprint density at radius 3 is 2.50 bits per heavy atom. The number of para-hydroxylation sites is 1. The molecule has 3 aromatic rings. The van der Waals surface area contributed by atoms with E-state index in [2.05, 4.69) is 36.4 Å². The Balaban J connectivity index is 2.19. The lowest BCUT2D eigenvalue weighted by Crippen LogP contribution is -2.21. The maximum Gasteiger partial charge on any atom is 0.207 e. The van der Waals surface area contributed by atoms with Crippen LogP contribution in [0.3, 0.4) is 0 Å². The van der Waals surface area contributed by atoms with E-state index in [-0.39, 0.29) is 0 Å². The normalized spacial score (nSPS) is 12.2. The molecule has 0 bridgehead atoms. The van der Waals surface area contributed by atoms with E-state index in [1.54, 1.807) is 11.8 Å². The van der Waals surface area contributed by atoms with Crippen LogP contribution in [0.25, 0.3) is 16.9 Å². The number of benzene rings is 2. The minimum absolute atomic E-state index is 0.491. The van der Waals surface area contributed by atoms with Crippen LogP contribution in [-0.4, -0.2) is 9.13 Å². The SMILES string of the molecule is Cn1cc2n(c1=N)-c1ccccc1Sc1ccccc1-2. The number of hydrogen-bond donors (Lipinski definition) is 1. The zero-order chi connectivity index (χ0) is 13.7. The molecule has 0 unspecified atom stereocenters. The van der Waals surface area contributed by atoms with Gasteiger partial charge in [-0.15, -0.1) is 0 Å². The van der Waals surface area contributed by atoms with E-state index >= 15 is 0 Å². The van der Waals surface area contributed by atoms with Gasteiger partial charge in [0.2, 0.25) is 5.62 Å². The second-order valence-electron chi connectivity index (χ2n) is 4.85. The van der Waals surface area contributed by atoms with Crippen LogP contribution < -0.4 is 5.62 Å². The second kappa shape index (κ2) is 4.15. The van der Waals surface area contributed by atoms with Crippen molar-refractivity contribution in [2.75, 3.05) is 0 Å². The molecule has 0 atom stereocenters. The van der Waals surface area contributed by atoms with Crippen LogP contribution >= 0.6 is 11.8 Å². The molecule has 1 aliphatic heterocycles. The first-order valence-electron chi connectivity index (χ1n) is 6.45. The Morgan fingerprint density at radius 2 is 1.65 bits per heavy atom. The van der Waals surface area contributed by atoms with Gasteiger partial charge in [-0.2, -0.15) is 0 Å². The number of rotatable bonds is 0. The van der Waals surface area contributed by atoms with Crippen molar-refractivity contribution in [3.05, 3.63) is 60.3 Å². The predicted octanol–water partition coefficient (Wildman–Crippen LogP) is 3.43. The molecule has 0 saturated carbocycles. The van der Waals surface area contributed by atoms with Gasteiger partial charge in [-0.3, -0.25) is 9.98 Å². The van der Waals surface area contributed by atoms with Crippen LogP contribution in [0, 0.1) is 5.41 Å². The predicted molar refractivity (Wildman–Crippen MR) is 80.2 cm³/mol.